The normalized spacial score (nSPS) is 13.2. The van der Waals surface area contributed by atoms with Crippen LogP contribution in [0.15, 0.2) is 18.2 Å². The highest BCUT2D eigenvalue weighted by atomic mass is 16.1. The van der Waals surface area contributed by atoms with Gasteiger partial charge in [0.05, 0.1) is 29.0 Å². The third-order valence-corrected chi connectivity index (χ3v) is 4.43. The SMILES string of the molecule is Cc1nc2ccc(C(=O)NCc3nnc4n3CCC4)cc2nc1C. The van der Waals surface area contributed by atoms with E-state index in [-0.39, 0.29) is 5.91 Å². The van der Waals surface area contributed by atoms with Crippen LogP contribution in [0.3, 0.4) is 0 Å². The lowest BCUT2D eigenvalue weighted by atomic mass is 10.1. The van der Waals surface area contributed by atoms with Crippen molar-refractivity contribution >= 4 is 16.9 Å². The van der Waals surface area contributed by atoms with Crippen LogP contribution in [0.1, 0.15) is 39.8 Å². The molecular formula is C17H18N6O. The number of nitrogens with one attached hydrogen (secondary N) is 1. The van der Waals surface area contributed by atoms with Gasteiger partial charge in [-0.1, -0.05) is 0 Å². The molecule has 7 nitrogen and oxygen atoms in total. The smallest absolute Gasteiger partial charge is 0.251 e. The zero-order valence-corrected chi connectivity index (χ0v) is 13.7. The molecule has 0 fully saturated rings. The third-order valence-electron chi connectivity index (χ3n) is 4.43. The van der Waals surface area contributed by atoms with Crippen molar-refractivity contribution in [2.75, 3.05) is 0 Å². The summed E-state index contributed by atoms with van der Waals surface area (Å²) in [6.45, 7) is 5.15. The van der Waals surface area contributed by atoms with Crippen molar-refractivity contribution < 1.29 is 4.79 Å². The Morgan fingerprint density at radius 2 is 1.96 bits per heavy atom. The number of fused-ring (bicyclic) bond motifs is 2. The van der Waals surface area contributed by atoms with E-state index in [0.29, 0.717) is 12.1 Å². The van der Waals surface area contributed by atoms with E-state index in [1.165, 1.54) is 0 Å². The van der Waals surface area contributed by atoms with Crippen molar-refractivity contribution in [3.8, 4) is 0 Å². The maximum Gasteiger partial charge on any atom is 0.251 e. The quantitative estimate of drug-likeness (QED) is 0.793. The summed E-state index contributed by atoms with van der Waals surface area (Å²) in [5.41, 5.74) is 3.87. The third kappa shape index (κ3) is 2.51. The number of amides is 1. The topological polar surface area (TPSA) is 85.6 Å². The Balaban J connectivity index is 1.53. The molecule has 24 heavy (non-hydrogen) atoms. The predicted molar refractivity (Wildman–Crippen MR) is 88.5 cm³/mol. The molecule has 3 heterocycles. The number of rotatable bonds is 3. The van der Waals surface area contributed by atoms with Crippen LogP contribution in [0.4, 0.5) is 0 Å². The lowest BCUT2D eigenvalue weighted by Gasteiger charge is -2.07. The molecule has 2 aromatic heterocycles. The minimum absolute atomic E-state index is 0.146. The van der Waals surface area contributed by atoms with E-state index in [1.807, 2.05) is 19.9 Å². The Morgan fingerprint density at radius 3 is 2.79 bits per heavy atom. The summed E-state index contributed by atoms with van der Waals surface area (Å²) < 4.78 is 2.08. The van der Waals surface area contributed by atoms with Gasteiger partial charge in [0.1, 0.15) is 5.82 Å². The number of hydrogen-bond donors (Lipinski definition) is 1. The fourth-order valence-corrected chi connectivity index (χ4v) is 2.97. The molecule has 0 aliphatic carbocycles. The lowest BCUT2D eigenvalue weighted by molar-refractivity contribution is 0.0949. The molecule has 7 heteroatoms. The first kappa shape index (κ1) is 14.7. The van der Waals surface area contributed by atoms with E-state index in [1.54, 1.807) is 12.1 Å². The van der Waals surface area contributed by atoms with Crippen molar-refractivity contribution in [2.45, 2.75) is 39.8 Å². The van der Waals surface area contributed by atoms with Gasteiger partial charge in [-0.15, -0.1) is 10.2 Å². The minimum Gasteiger partial charge on any atom is -0.345 e. The first-order chi connectivity index (χ1) is 11.6. The summed E-state index contributed by atoms with van der Waals surface area (Å²) in [7, 11) is 0. The van der Waals surface area contributed by atoms with Crippen LogP contribution < -0.4 is 5.32 Å². The molecule has 0 atom stereocenters. The van der Waals surface area contributed by atoms with Crippen LogP contribution in [0.25, 0.3) is 11.0 Å². The first-order valence-corrected chi connectivity index (χ1v) is 8.06. The molecule has 1 amide bonds. The Bertz CT molecular complexity index is 946. The van der Waals surface area contributed by atoms with Gasteiger partial charge in [-0.3, -0.25) is 4.79 Å². The molecule has 3 aromatic rings. The van der Waals surface area contributed by atoms with Crippen LogP contribution >= 0.6 is 0 Å². The first-order valence-electron chi connectivity index (χ1n) is 8.06. The molecule has 122 valence electrons. The summed E-state index contributed by atoms with van der Waals surface area (Å²) in [6.07, 6.45) is 2.05. The Labute approximate surface area is 139 Å². The van der Waals surface area contributed by atoms with Crippen molar-refractivity contribution in [3.05, 3.63) is 46.8 Å². The molecule has 0 radical (unpaired) electrons. The molecule has 0 saturated carbocycles. The largest absolute Gasteiger partial charge is 0.345 e. The molecule has 1 aromatic carbocycles. The Kier molecular flexibility index (Phi) is 3.48. The highest BCUT2D eigenvalue weighted by molar-refractivity contribution is 5.97. The second-order valence-corrected chi connectivity index (χ2v) is 6.07. The number of hydrogen-bond acceptors (Lipinski definition) is 5. The van der Waals surface area contributed by atoms with E-state index >= 15 is 0 Å². The van der Waals surface area contributed by atoms with Crippen molar-refractivity contribution in [2.24, 2.45) is 0 Å². The van der Waals surface area contributed by atoms with E-state index < -0.39 is 0 Å². The fourth-order valence-electron chi connectivity index (χ4n) is 2.97. The van der Waals surface area contributed by atoms with Crippen LogP contribution in [-0.2, 0) is 19.5 Å². The van der Waals surface area contributed by atoms with Crippen LogP contribution in [0.2, 0.25) is 0 Å². The number of aromatic nitrogens is 5. The second kappa shape index (κ2) is 5.67. The van der Waals surface area contributed by atoms with E-state index in [0.717, 1.165) is 53.5 Å². The van der Waals surface area contributed by atoms with Crippen molar-refractivity contribution in [1.29, 1.82) is 0 Å². The highest BCUT2D eigenvalue weighted by Gasteiger charge is 2.17. The molecule has 0 bridgehead atoms. The lowest BCUT2D eigenvalue weighted by Crippen LogP contribution is -2.24. The zero-order valence-electron chi connectivity index (χ0n) is 13.7. The number of carbonyl (C=O) groups excluding carboxylic acids is 1. The minimum atomic E-state index is -0.146. The molecule has 1 aliphatic rings. The summed E-state index contributed by atoms with van der Waals surface area (Å²) in [5, 5.41) is 11.2. The van der Waals surface area contributed by atoms with Crippen LogP contribution in [0.5, 0.6) is 0 Å². The number of carbonyl (C=O) groups is 1. The maximum atomic E-state index is 12.4. The summed E-state index contributed by atoms with van der Waals surface area (Å²) >= 11 is 0. The molecule has 1 aliphatic heterocycles. The van der Waals surface area contributed by atoms with Gasteiger partial charge in [-0.2, -0.15) is 0 Å². The van der Waals surface area contributed by atoms with Gasteiger partial charge >= 0.3 is 0 Å². The molecule has 0 spiro atoms. The average molecular weight is 322 g/mol. The molecule has 0 saturated heterocycles. The molecule has 1 N–H and O–H groups in total. The Morgan fingerprint density at radius 1 is 1.17 bits per heavy atom. The van der Waals surface area contributed by atoms with Gasteiger partial charge in [0.25, 0.3) is 5.91 Å². The molecular weight excluding hydrogens is 304 g/mol. The maximum absolute atomic E-state index is 12.4. The van der Waals surface area contributed by atoms with Gasteiger partial charge in [0, 0.05) is 18.5 Å². The summed E-state index contributed by atoms with van der Waals surface area (Å²) in [6, 6.07) is 5.38. The molecule has 4 rings (SSSR count). The van der Waals surface area contributed by atoms with Gasteiger partial charge in [0.2, 0.25) is 0 Å². The number of aryl methyl sites for hydroxylation is 3. The zero-order chi connectivity index (χ0) is 16.7. The van der Waals surface area contributed by atoms with Crippen molar-refractivity contribution in [3.63, 3.8) is 0 Å². The van der Waals surface area contributed by atoms with E-state index in [2.05, 4.69) is 30.0 Å². The predicted octanol–water partition coefficient (Wildman–Crippen LogP) is 1.71. The van der Waals surface area contributed by atoms with Gasteiger partial charge in [-0.25, -0.2) is 9.97 Å². The van der Waals surface area contributed by atoms with Gasteiger partial charge < -0.3 is 9.88 Å². The molecule has 0 unspecified atom stereocenters. The standard InChI is InChI=1S/C17H18N6O/c1-10-11(2)20-14-8-12(5-6-13(14)19-10)17(24)18-9-16-22-21-15-4-3-7-23(15)16/h5-6,8H,3-4,7,9H2,1-2H3,(H,18,24). The fraction of sp³-hybridized carbons (Fsp3) is 0.353. The summed E-state index contributed by atoms with van der Waals surface area (Å²) in [4.78, 5) is 21.4. The van der Waals surface area contributed by atoms with Crippen molar-refractivity contribution in [1.82, 2.24) is 30.0 Å². The van der Waals surface area contributed by atoms with Gasteiger partial charge in [-0.05, 0) is 38.5 Å². The second-order valence-electron chi connectivity index (χ2n) is 6.07. The summed E-state index contributed by atoms with van der Waals surface area (Å²) in [5.74, 6) is 1.67. The number of nitrogens with zero attached hydrogens (tertiary/aromatic N) is 5. The van der Waals surface area contributed by atoms with E-state index in [9.17, 15) is 4.79 Å². The number of benzene rings is 1. The van der Waals surface area contributed by atoms with Gasteiger partial charge in [0.15, 0.2) is 5.82 Å². The van der Waals surface area contributed by atoms with Crippen LogP contribution in [0, 0.1) is 13.8 Å². The average Bonchev–Trinajstić information content (AvgIpc) is 3.17. The highest BCUT2D eigenvalue weighted by Crippen LogP contribution is 2.16. The Hall–Kier alpha value is -2.83. The van der Waals surface area contributed by atoms with E-state index in [4.69, 9.17) is 0 Å². The van der Waals surface area contributed by atoms with Crippen LogP contribution in [-0.4, -0.2) is 30.6 Å². The monoisotopic (exact) mass is 322 g/mol.